The number of halogens is 1. The maximum Gasteiger partial charge on any atom is 0.226 e. The van der Waals surface area contributed by atoms with E-state index < -0.39 is 0 Å². The molecule has 0 saturated heterocycles. The van der Waals surface area contributed by atoms with Gasteiger partial charge in [-0.2, -0.15) is 0 Å². The maximum absolute atomic E-state index is 13.4. The second-order valence-corrected chi connectivity index (χ2v) is 5.20. The predicted molar refractivity (Wildman–Crippen MR) is 83.9 cm³/mol. The Balaban J connectivity index is 1.64. The Hall–Kier alpha value is -2.41. The van der Waals surface area contributed by atoms with E-state index in [1.807, 2.05) is 11.9 Å². The molecule has 0 unspecified atom stereocenters. The van der Waals surface area contributed by atoms with Gasteiger partial charge in [0, 0.05) is 25.6 Å². The van der Waals surface area contributed by atoms with Crippen LogP contribution in [0.1, 0.15) is 12.2 Å². The molecule has 6 nitrogen and oxygen atoms in total. The Morgan fingerprint density at radius 2 is 2.17 bits per heavy atom. The number of benzene rings is 1. The topological polar surface area (TPSA) is 67.6 Å². The van der Waals surface area contributed by atoms with Gasteiger partial charge in [-0.3, -0.25) is 4.79 Å². The number of anilines is 1. The summed E-state index contributed by atoms with van der Waals surface area (Å²) < 4.78 is 23.6. The molecule has 0 aliphatic rings. The van der Waals surface area contributed by atoms with E-state index in [0.29, 0.717) is 37.7 Å². The molecule has 0 aliphatic heterocycles. The van der Waals surface area contributed by atoms with Gasteiger partial charge in [0.1, 0.15) is 12.4 Å². The molecule has 23 heavy (non-hydrogen) atoms. The zero-order valence-corrected chi connectivity index (χ0v) is 13.2. The van der Waals surface area contributed by atoms with Gasteiger partial charge in [0.15, 0.2) is 17.4 Å². The van der Waals surface area contributed by atoms with Gasteiger partial charge in [-0.05, 0) is 26.1 Å². The van der Waals surface area contributed by atoms with Crippen LogP contribution in [0.2, 0.25) is 0 Å². The number of hydrogen-bond acceptors (Lipinski definition) is 5. The number of nitrogens with zero attached hydrogens (tertiary/aromatic N) is 2. The fourth-order valence-electron chi connectivity index (χ4n) is 1.91. The number of rotatable bonds is 8. The lowest BCUT2D eigenvalue weighted by Crippen LogP contribution is -2.28. The molecule has 1 aromatic heterocycles. The number of likely N-dealkylation sites (N-methyl/N-ethyl adjacent to an activating group) is 1. The molecule has 2 aromatic rings. The minimum Gasteiger partial charge on any atom is -0.489 e. The van der Waals surface area contributed by atoms with Gasteiger partial charge in [-0.1, -0.05) is 17.3 Å². The molecule has 0 spiro atoms. The number of ether oxygens (including phenoxy) is 1. The SMILES string of the molecule is Cc1cc(NC(=O)CCN(C)CCOc2ccccc2F)no1. The van der Waals surface area contributed by atoms with Crippen molar-refractivity contribution in [3.63, 3.8) is 0 Å². The van der Waals surface area contributed by atoms with E-state index in [0.717, 1.165) is 0 Å². The van der Waals surface area contributed by atoms with Crippen LogP contribution < -0.4 is 10.1 Å². The molecule has 0 radical (unpaired) electrons. The highest BCUT2D eigenvalue weighted by atomic mass is 19.1. The van der Waals surface area contributed by atoms with Crippen molar-refractivity contribution >= 4 is 11.7 Å². The summed E-state index contributed by atoms with van der Waals surface area (Å²) in [6.07, 6.45) is 0.322. The first-order valence-electron chi connectivity index (χ1n) is 7.33. The molecule has 7 heteroatoms. The first kappa shape index (κ1) is 17.0. The van der Waals surface area contributed by atoms with Crippen LogP contribution in [0, 0.1) is 12.7 Å². The molecule has 0 atom stereocenters. The van der Waals surface area contributed by atoms with Crippen molar-refractivity contribution in [2.24, 2.45) is 0 Å². The van der Waals surface area contributed by atoms with Crippen molar-refractivity contribution in [2.45, 2.75) is 13.3 Å². The number of carbonyl (C=O) groups excluding carboxylic acids is 1. The number of hydrogen-bond donors (Lipinski definition) is 1. The fourth-order valence-corrected chi connectivity index (χ4v) is 1.91. The van der Waals surface area contributed by atoms with Crippen molar-refractivity contribution in [1.29, 1.82) is 0 Å². The summed E-state index contributed by atoms with van der Waals surface area (Å²) in [6.45, 7) is 3.25. The summed E-state index contributed by atoms with van der Waals surface area (Å²) in [6, 6.07) is 7.93. The molecule has 1 N–H and O–H groups in total. The summed E-state index contributed by atoms with van der Waals surface area (Å²) in [5.74, 6) is 0.776. The lowest BCUT2D eigenvalue weighted by molar-refractivity contribution is -0.116. The van der Waals surface area contributed by atoms with Crippen molar-refractivity contribution in [3.05, 3.63) is 41.9 Å². The first-order chi connectivity index (χ1) is 11.0. The van der Waals surface area contributed by atoms with Crippen LogP contribution in [-0.4, -0.2) is 42.7 Å². The van der Waals surface area contributed by atoms with E-state index in [9.17, 15) is 9.18 Å². The van der Waals surface area contributed by atoms with E-state index in [1.165, 1.54) is 6.07 Å². The third-order valence-electron chi connectivity index (χ3n) is 3.18. The zero-order valence-electron chi connectivity index (χ0n) is 13.2. The van der Waals surface area contributed by atoms with Gasteiger partial charge in [-0.15, -0.1) is 0 Å². The maximum atomic E-state index is 13.4. The third kappa shape index (κ3) is 5.71. The van der Waals surface area contributed by atoms with Crippen molar-refractivity contribution in [1.82, 2.24) is 10.1 Å². The van der Waals surface area contributed by atoms with E-state index in [-0.39, 0.29) is 17.5 Å². The van der Waals surface area contributed by atoms with Crippen molar-refractivity contribution in [3.8, 4) is 5.75 Å². The summed E-state index contributed by atoms with van der Waals surface area (Å²) >= 11 is 0. The van der Waals surface area contributed by atoms with Gasteiger partial charge >= 0.3 is 0 Å². The van der Waals surface area contributed by atoms with Crippen molar-refractivity contribution in [2.75, 3.05) is 32.1 Å². The van der Waals surface area contributed by atoms with Crippen LogP contribution in [0.4, 0.5) is 10.2 Å². The number of nitrogens with one attached hydrogen (secondary N) is 1. The molecule has 2 rings (SSSR count). The number of amides is 1. The highest BCUT2D eigenvalue weighted by molar-refractivity contribution is 5.89. The van der Waals surface area contributed by atoms with E-state index in [2.05, 4.69) is 10.5 Å². The molecule has 0 fully saturated rings. The average Bonchev–Trinajstić information content (AvgIpc) is 2.92. The standard InChI is InChI=1S/C16H20FN3O3/c1-12-11-15(19-23-12)18-16(21)7-8-20(2)9-10-22-14-6-4-3-5-13(14)17/h3-6,11H,7-10H2,1-2H3,(H,18,19,21). The normalized spacial score (nSPS) is 10.8. The highest BCUT2D eigenvalue weighted by Crippen LogP contribution is 2.15. The van der Waals surface area contributed by atoms with Gasteiger partial charge < -0.3 is 19.5 Å². The second kappa shape index (κ2) is 8.28. The molecule has 1 amide bonds. The van der Waals surface area contributed by atoms with Crippen LogP contribution in [0.15, 0.2) is 34.9 Å². The van der Waals surface area contributed by atoms with Crippen molar-refractivity contribution < 1.29 is 18.4 Å². The summed E-state index contributed by atoms with van der Waals surface area (Å²) in [5, 5.41) is 6.35. The van der Waals surface area contributed by atoms with Crippen LogP contribution in [0.3, 0.4) is 0 Å². The lowest BCUT2D eigenvalue weighted by Gasteiger charge is -2.16. The first-order valence-corrected chi connectivity index (χ1v) is 7.33. The number of carbonyl (C=O) groups is 1. The van der Waals surface area contributed by atoms with Gasteiger partial charge in [0.25, 0.3) is 0 Å². The Kier molecular flexibility index (Phi) is 6.10. The molecular weight excluding hydrogens is 301 g/mol. The summed E-state index contributed by atoms with van der Waals surface area (Å²) in [4.78, 5) is 13.7. The molecular formula is C16H20FN3O3. The molecule has 0 saturated carbocycles. The minimum atomic E-state index is -0.377. The largest absolute Gasteiger partial charge is 0.489 e. The Morgan fingerprint density at radius 3 is 2.87 bits per heavy atom. The number of aromatic nitrogens is 1. The molecule has 1 aromatic carbocycles. The van der Waals surface area contributed by atoms with Gasteiger partial charge in [0.05, 0.1) is 0 Å². The van der Waals surface area contributed by atoms with Gasteiger partial charge in [0.2, 0.25) is 5.91 Å². The van der Waals surface area contributed by atoms with Crippen LogP contribution in [0.25, 0.3) is 0 Å². The van der Waals surface area contributed by atoms with Crippen LogP contribution in [0.5, 0.6) is 5.75 Å². The third-order valence-corrected chi connectivity index (χ3v) is 3.18. The van der Waals surface area contributed by atoms with E-state index in [4.69, 9.17) is 9.26 Å². The lowest BCUT2D eigenvalue weighted by atomic mass is 10.3. The molecule has 0 aliphatic carbocycles. The monoisotopic (exact) mass is 321 g/mol. The number of para-hydroxylation sites is 1. The smallest absolute Gasteiger partial charge is 0.226 e. The summed E-state index contributed by atoms with van der Waals surface area (Å²) in [7, 11) is 1.87. The van der Waals surface area contributed by atoms with E-state index in [1.54, 1.807) is 31.2 Å². The second-order valence-electron chi connectivity index (χ2n) is 5.20. The summed E-state index contributed by atoms with van der Waals surface area (Å²) in [5.41, 5.74) is 0. The van der Waals surface area contributed by atoms with Gasteiger partial charge in [-0.25, -0.2) is 4.39 Å². The highest BCUT2D eigenvalue weighted by Gasteiger charge is 2.08. The molecule has 124 valence electrons. The number of aryl methyl sites for hydroxylation is 1. The van der Waals surface area contributed by atoms with Crippen LogP contribution >= 0.6 is 0 Å². The van der Waals surface area contributed by atoms with Crippen LogP contribution in [-0.2, 0) is 4.79 Å². The quantitative estimate of drug-likeness (QED) is 0.809. The minimum absolute atomic E-state index is 0.139. The zero-order chi connectivity index (χ0) is 16.7. The molecule has 1 heterocycles. The molecule has 0 bridgehead atoms. The fraction of sp³-hybridized carbons (Fsp3) is 0.375. The Bertz CT molecular complexity index is 645. The average molecular weight is 321 g/mol. The Labute approximate surface area is 134 Å². The predicted octanol–water partition coefficient (Wildman–Crippen LogP) is 2.46. The van der Waals surface area contributed by atoms with E-state index >= 15 is 0 Å². The Morgan fingerprint density at radius 1 is 1.39 bits per heavy atom.